The van der Waals surface area contributed by atoms with E-state index in [2.05, 4.69) is 5.32 Å². The molecule has 2 amide bonds. The SMILES string of the molecule is NCc1ccccc1NC(=O)CN1CCCC1C(N)=O. The first-order chi connectivity index (χ1) is 9.61. The highest BCUT2D eigenvalue weighted by atomic mass is 16.2. The number of amides is 2. The van der Waals surface area contributed by atoms with Crippen LogP contribution in [-0.2, 0) is 16.1 Å². The summed E-state index contributed by atoms with van der Waals surface area (Å²) in [6.07, 6.45) is 1.61. The summed E-state index contributed by atoms with van der Waals surface area (Å²) in [7, 11) is 0. The van der Waals surface area contributed by atoms with Gasteiger partial charge < -0.3 is 16.8 Å². The fraction of sp³-hybridized carbons (Fsp3) is 0.429. The van der Waals surface area contributed by atoms with E-state index in [0.717, 1.165) is 30.6 Å². The summed E-state index contributed by atoms with van der Waals surface area (Å²) in [6.45, 7) is 1.26. The maximum Gasteiger partial charge on any atom is 0.238 e. The van der Waals surface area contributed by atoms with Gasteiger partial charge in [0.1, 0.15) is 0 Å². The van der Waals surface area contributed by atoms with Gasteiger partial charge in [0, 0.05) is 12.2 Å². The maximum atomic E-state index is 12.1. The predicted molar refractivity (Wildman–Crippen MR) is 76.8 cm³/mol. The molecule has 0 aliphatic carbocycles. The Kier molecular flexibility index (Phi) is 4.70. The third kappa shape index (κ3) is 3.34. The van der Waals surface area contributed by atoms with E-state index >= 15 is 0 Å². The Hall–Kier alpha value is -1.92. The number of benzene rings is 1. The lowest BCUT2D eigenvalue weighted by atomic mass is 10.2. The molecule has 1 atom stereocenters. The molecule has 0 radical (unpaired) electrons. The van der Waals surface area contributed by atoms with E-state index in [-0.39, 0.29) is 24.4 Å². The van der Waals surface area contributed by atoms with E-state index in [0.29, 0.717) is 6.54 Å². The van der Waals surface area contributed by atoms with Gasteiger partial charge in [0.05, 0.1) is 12.6 Å². The lowest BCUT2D eigenvalue weighted by Crippen LogP contribution is -2.43. The molecule has 1 fully saturated rings. The lowest BCUT2D eigenvalue weighted by Gasteiger charge is -2.21. The van der Waals surface area contributed by atoms with Crippen molar-refractivity contribution in [3.05, 3.63) is 29.8 Å². The molecule has 108 valence electrons. The van der Waals surface area contributed by atoms with Gasteiger partial charge in [-0.3, -0.25) is 14.5 Å². The van der Waals surface area contributed by atoms with Crippen molar-refractivity contribution in [3.63, 3.8) is 0 Å². The molecule has 0 saturated carbocycles. The molecular formula is C14H20N4O2. The number of likely N-dealkylation sites (tertiary alicyclic amines) is 1. The molecule has 0 aromatic heterocycles. The van der Waals surface area contributed by atoms with E-state index < -0.39 is 0 Å². The molecular weight excluding hydrogens is 256 g/mol. The van der Waals surface area contributed by atoms with Crippen LogP contribution in [0.3, 0.4) is 0 Å². The van der Waals surface area contributed by atoms with Gasteiger partial charge in [0.25, 0.3) is 0 Å². The highest BCUT2D eigenvalue weighted by molar-refractivity contribution is 5.93. The van der Waals surface area contributed by atoms with Crippen molar-refractivity contribution in [3.8, 4) is 0 Å². The largest absolute Gasteiger partial charge is 0.368 e. The summed E-state index contributed by atoms with van der Waals surface area (Å²) < 4.78 is 0. The van der Waals surface area contributed by atoms with Gasteiger partial charge in [-0.2, -0.15) is 0 Å². The van der Waals surface area contributed by atoms with Gasteiger partial charge in [-0.15, -0.1) is 0 Å². The molecule has 1 heterocycles. The molecule has 20 heavy (non-hydrogen) atoms. The number of rotatable bonds is 5. The predicted octanol–water partition coefficient (Wildman–Crippen LogP) is 0.0335. The molecule has 0 bridgehead atoms. The summed E-state index contributed by atoms with van der Waals surface area (Å²) in [4.78, 5) is 25.2. The van der Waals surface area contributed by atoms with Crippen LogP contribution in [-0.4, -0.2) is 35.8 Å². The van der Waals surface area contributed by atoms with E-state index in [1.165, 1.54) is 0 Å². The number of hydrogen-bond donors (Lipinski definition) is 3. The summed E-state index contributed by atoms with van der Waals surface area (Å²) in [6, 6.07) is 7.08. The zero-order chi connectivity index (χ0) is 14.5. The quantitative estimate of drug-likeness (QED) is 0.706. The lowest BCUT2D eigenvalue weighted by molar-refractivity contribution is -0.123. The highest BCUT2D eigenvalue weighted by Gasteiger charge is 2.30. The molecule has 2 rings (SSSR count). The summed E-state index contributed by atoms with van der Waals surface area (Å²) in [5.41, 5.74) is 12.6. The smallest absolute Gasteiger partial charge is 0.238 e. The molecule has 0 spiro atoms. The highest BCUT2D eigenvalue weighted by Crippen LogP contribution is 2.18. The Morgan fingerprint density at radius 3 is 2.80 bits per heavy atom. The Labute approximate surface area is 118 Å². The van der Waals surface area contributed by atoms with Crippen molar-refractivity contribution in [1.82, 2.24) is 4.90 Å². The number of primary amides is 1. The molecule has 1 aromatic rings. The molecule has 1 aliphatic rings. The van der Waals surface area contributed by atoms with Crippen LogP contribution in [0.1, 0.15) is 18.4 Å². The average Bonchev–Trinajstić information content (AvgIpc) is 2.87. The number of nitrogens with two attached hydrogens (primary N) is 2. The Morgan fingerprint density at radius 2 is 2.10 bits per heavy atom. The third-order valence-corrected chi connectivity index (χ3v) is 3.55. The number of carbonyl (C=O) groups excluding carboxylic acids is 2. The topological polar surface area (TPSA) is 101 Å². The van der Waals surface area contributed by atoms with Gasteiger partial charge in [-0.25, -0.2) is 0 Å². The zero-order valence-electron chi connectivity index (χ0n) is 11.3. The van der Waals surface area contributed by atoms with E-state index in [1.54, 1.807) is 0 Å². The number of nitrogens with zero attached hydrogens (tertiary/aromatic N) is 1. The van der Waals surface area contributed by atoms with Crippen molar-refractivity contribution < 1.29 is 9.59 Å². The van der Waals surface area contributed by atoms with Crippen LogP contribution in [0.4, 0.5) is 5.69 Å². The molecule has 1 aromatic carbocycles. The summed E-state index contributed by atoms with van der Waals surface area (Å²) in [5.74, 6) is -0.517. The van der Waals surface area contributed by atoms with Gasteiger partial charge in [0.2, 0.25) is 11.8 Å². The second kappa shape index (κ2) is 6.49. The maximum absolute atomic E-state index is 12.1. The van der Waals surface area contributed by atoms with Gasteiger partial charge in [0.15, 0.2) is 0 Å². The Bertz CT molecular complexity index is 504. The normalized spacial score (nSPS) is 18.9. The van der Waals surface area contributed by atoms with Crippen molar-refractivity contribution in [2.45, 2.75) is 25.4 Å². The fourth-order valence-corrected chi connectivity index (χ4v) is 2.53. The van der Waals surface area contributed by atoms with Crippen LogP contribution in [0.15, 0.2) is 24.3 Å². The first-order valence-electron chi connectivity index (χ1n) is 6.73. The molecule has 6 nitrogen and oxygen atoms in total. The van der Waals surface area contributed by atoms with E-state index in [9.17, 15) is 9.59 Å². The minimum Gasteiger partial charge on any atom is -0.368 e. The van der Waals surface area contributed by atoms with Crippen molar-refractivity contribution in [2.24, 2.45) is 11.5 Å². The Balaban J connectivity index is 1.97. The van der Waals surface area contributed by atoms with Gasteiger partial charge in [-0.1, -0.05) is 18.2 Å². The second-order valence-electron chi connectivity index (χ2n) is 4.94. The van der Waals surface area contributed by atoms with Gasteiger partial charge >= 0.3 is 0 Å². The summed E-state index contributed by atoms with van der Waals surface area (Å²) >= 11 is 0. The number of para-hydroxylation sites is 1. The standard InChI is InChI=1S/C14H20N4O2/c15-8-10-4-1-2-5-11(10)17-13(19)9-18-7-3-6-12(18)14(16)20/h1-2,4-5,12H,3,6-9,15H2,(H2,16,20)(H,17,19). The molecule has 6 heteroatoms. The number of anilines is 1. The van der Waals surface area contributed by atoms with Crippen molar-refractivity contribution in [1.29, 1.82) is 0 Å². The van der Waals surface area contributed by atoms with Crippen LogP contribution in [0, 0.1) is 0 Å². The number of hydrogen-bond acceptors (Lipinski definition) is 4. The van der Waals surface area contributed by atoms with Crippen molar-refractivity contribution >= 4 is 17.5 Å². The van der Waals surface area contributed by atoms with E-state index in [4.69, 9.17) is 11.5 Å². The molecule has 5 N–H and O–H groups in total. The fourth-order valence-electron chi connectivity index (χ4n) is 2.53. The van der Waals surface area contributed by atoms with Crippen LogP contribution in [0.2, 0.25) is 0 Å². The first kappa shape index (κ1) is 14.5. The summed E-state index contributed by atoms with van der Waals surface area (Å²) in [5, 5.41) is 2.84. The zero-order valence-corrected chi connectivity index (χ0v) is 11.3. The molecule has 1 saturated heterocycles. The minimum absolute atomic E-state index is 0.154. The minimum atomic E-state index is -0.363. The average molecular weight is 276 g/mol. The first-order valence-corrected chi connectivity index (χ1v) is 6.73. The number of nitrogens with one attached hydrogen (secondary N) is 1. The van der Waals surface area contributed by atoms with Gasteiger partial charge in [-0.05, 0) is 31.0 Å². The third-order valence-electron chi connectivity index (χ3n) is 3.55. The monoisotopic (exact) mass is 276 g/mol. The second-order valence-corrected chi connectivity index (χ2v) is 4.94. The van der Waals surface area contributed by atoms with Crippen LogP contribution in [0.25, 0.3) is 0 Å². The van der Waals surface area contributed by atoms with Crippen LogP contribution < -0.4 is 16.8 Å². The number of carbonyl (C=O) groups is 2. The van der Waals surface area contributed by atoms with Crippen LogP contribution in [0.5, 0.6) is 0 Å². The molecule has 1 aliphatic heterocycles. The van der Waals surface area contributed by atoms with Crippen molar-refractivity contribution in [2.75, 3.05) is 18.4 Å². The Morgan fingerprint density at radius 1 is 1.35 bits per heavy atom. The molecule has 1 unspecified atom stereocenters. The van der Waals surface area contributed by atoms with Crippen LogP contribution >= 0.6 is 0 Å². The van der Waals surface area contributed by atoms with E-state index in [1.807, 2.05) is 29.2 Å².